The minimum atomic E-state index is -0.0834. The van der Waals surface area contributed by atoms with Gasteiger partial charge in [-0.25, -0.2) is 0 Å². The Morgan fingerprint density at radius 2 is 2.17 bits per heavy atom. The first-order valence-electron chi connectivity index (χ1n) is 3.83. The van der Waals surface area contributed by atoms with Crippen molar-refractivity contribution < 1.29 is 9.84 Å². The number of hydrogen-bond donors (Lipinski definition) is 1. The number of fused-ring (bicyclic) bond motifs is 1. The van der Waals surface area contributed by atoms with E-state index in [1.165, 1.54) is 0 Å². The summed E-state index contributed by atoms with van der Waals surface area (Å²) >= 11 is 3.36. The number of benzene rings is 1. The molecular formula is C9H9BrO2. The number of ether oxygens (including phenoxy) is 1. The maximum atomic E-state index is 9.07. The first kappa shape index (κ1) is 8.08. The lowest BCUT2D eigenvalue weighted by Gasteiger charge is -2.08. The second-order valence-corrected chi connectivity index (χ2v) is 3.70. The van der Waals surface area contributed by atoms with E-state index >= 15 is 0 Å². The van der Waals surface area contributed by atoms with Gasteiger partial charge in [-0.3, -0.25) is 0 Å². The lowest BCUT2D eigenvalue weighted by Crippen LogP contribution is -2.13. The topological polar surface area (TPSA) is 29.5 Å². The summed E-state index contributed by atoms with van der Waals surface area (Å²) in [6.45, 7) is 0.118. The Morgan fingerprint density at radius 1 is 1.42 bits per heavy atom. The highest BCUT2D eigenvalue weighted by molar-refractivity contribution is 9.09. The van der Waals surface area contributed by atoms with Crippen molar-refractivity contribution in [1.82, 2.24) is 0 Å². The van der Waals surface area contributed by atoms with Gasteiger partial charge < -0.3 is 9.84 Å². The van der Waals surface area contributed by atoms with E-state index in [1.807, 2.05) is 24.3 Å². The van der Waals surface area contributed by atoms with E-state index in [4.69, 9.17) is 9.84 Å². The van der Waals surface area contributed by atoms with E-state index in [2.05, 4.69) is 15.9 Å². The van der Waals surface area contributed by atoms with Crippen LogP contribution in [0.2, 0.25) is 0 Å². The predicted molar refractivity (Wildman–Crippen MR) is 49.6 cm³/mol. The lowest BCUT2D eigenvalue weighted by atomic mass is 10.0. The maximum absolute atomic E-state index is 9.07. The van der Waals surface area contributed by atoms with Gasteiger partial charge in [0, 0.05) is 5.56 Å². The van der Waals surface area contributed by atoms with E-state index in [0.717, 1.165) is 11.3 Å². The summed E-state index contributed by atoms with van der Waals surface area (Å²) in [6.07, 6.45) is 0. The molecule has 3 heteroatoms. The molecule has 0 aromatic heterocycles. The molecule has 1 heterocycles. The molecule has 1 aliphatic rings. The van der Waals surface area contributed by atoms with Gasteiger partial charge in [0.1, 0.15) is 5.75 Å². The fraction of sp³-hybridized carbons (Fsp3) is 0.333. The van der Waals surface area contributed by atoms with Gasteiger partial charge in [0.15, 0.2) is 5.01 Å². The number of hydrogen-bond acceptors (Lipinski definition) is 2. The van der Waals surface area contributed by atoms with Crippen molar-refractivity contribution in [3.05, 3.63) is 29.8 Å². The van der Waals surface area contributed by atoms with E-state index < -0.39 is 0 Å². The Labute approximate surface area is 79.3 Å². The van der Waals surface area contributed by atoms with Gasteiger partial charge in [-0.15, -0.1) is 0 Å². The van der Waals surface area contributed by atoms with Gasteiger partial charge in [-0.05, 0) is 22.0 Å². The van der Waals surface area contributed by atoms with Crippen LogP contribution in [0.3, 0.4) is 0 Å². The van der Waals surface area contributed by atoms with Crippen molar-refractivity contribution in [3.8, 4) is 5.75 Å². The van der Waals surface area contributed by atoms with Crippen LogP contribution in [0.4, 0.5) is 0 Å². The van der Waals surface area contributed by atoms with Gasteiger partial charge >= 0.3 is 0 Å². The molecular weight excluding hydrogens is 220 g/mol. The van der Waals surface area contributed by atoms with Crippen molar-refractivity contribution in [2.75, 3.05) is 6.61 Å². The molecule has 0 saturated carbocycles. The molecule has 2 atom stereocenters. The highest BCUT2D eigenvalue weighted by Crippen LogP contribution is 2.39. The first-order valence-corrected chi connectivity index (χ1v) is 4.75. The Hall–Kier alpha value is -0.540. The number of aliphatic hydroxyl groups is 1. The molecule has 2 rings (SSSR count). The summed E-state index contributed by atoms with van der Waals surface area (Å²) in [5.41, 5.74) is 1.09. The third-order valence-electron chi connectivity index (χ3n) is 2.07. The molecule has 2 nitrogen and oxygen atoms in total. The first-order chi connectivity index (χ1) is 5.83. The summed E-state index contributed by atoms with van der Waals surface area (Å²) in [5, 5.41) is 8.99. The fourth-order valence-electron chi connectivity index (χ4n) is 1.42. The SMILES string of the molecule is OCC1c2ccccc2OC1Br. The normalized spacial score (nSPS) is 26.5. The molecule has 1 aromatic carbocycles. The van der Waals surface area contributed by atoms with Crippen LogP contribution in [0.1, 0.15) is 11.5 Å². The van der Waals surface area contributed by atoms with E-state index in [1.54, 1.807) is 0 Å². The summed E-state index contributed by atoms with van der Waals surface area (Å²) in [5.74, 6) is 0.944. The number of halogens is 1. The number of rotatable bonds is 1. The minimum absolute atomic E-state index is 0.0706. The fourth-order valence-corrected chi connectivity index (χ4v) is 2.07. The molecule has 2 unspecified atom stereocenters. The zero-order valence-electron chi connectivity index (χ0n) is 6.40. The van der Waals surface area contributed by atoms with Crippen LogP contribution in [-0.4, -0.2) is 16.7 Å². The molecule has 64 valence electrons. The van der Waals surface area contributed by atoms with Gasteiger partial charge in [-0.1, -0.05) is 18.2 Å². The number of aliphatic hydroxyl groups excluding tert-OH is 1. The zero-order valence-corrected chi connectivity index (χ0v) is 7.99. The Morgan fingerprint density at radius 3 is 2.92 bits per heavy atom. The Balaban J connectivity index is 2.40. The monoisotopic (exact) mass is 228 g/mol. The zero-order chi connectivity index (χ0) is 8.55. The van der Waals surface area contributed by atoms with Gasteiger partial charge in [0.2, 0.25) is 0 Å². The van der Waals surface area contributed by atoms with Crippen molar-refractivity contribution in [2.24, 2.45) is 0 Å². The van der Waals surface area contributed by atoms with Crippen LogP contribution in [0.5, 0.6) is 5.75 Å². The van der Waals surface area contributed by atoms with Crippen LogP contribution in [0.25, 0.3) is 0 Å². The average Bonchev–Trinajstić information content (AvgIpc) is 2.40. The third-order valence-corrected chi connectivity index (χ3v) is 2.90. The van der Waals surface area contributed by atoms with E-state index in [0.29, 0.717) is 0 Å². The molecule has 0 bridgehead atoms. The van der Waals surface area contributed by atoms with Gasteiger partial charge in [0.05, 0.1) is 12.5 Å². The summed E-state index contributed by atoms with van der Waals surface area (Å²) in [7, 11) is 0. The van der Waals surface area contributed by atoms with Gasteiger partial charge in [-0.2, -0.15) is 0 Å². The third kappa shape index (κ3) is 1.13. The van der Waals surface area contributed by atoms with Crippen LogP contribution in [0.15, 0.2) is 24.3 Å². The highest BCUT2D eigenvalue weighted by Gasteiger charge is 2.31. The Kier molecular flexibility index (Phi) is 2.07. The van der Waals surface area contributed by atoms with Crippen LogP contribution >= 0.6 is 15.9 Å². The van der Waals surface area contributed by atoms with Crippen LogP contribution in [-0.2, 0) is 0 Å². The van der Waals surface area contributed by atoms with Crippen molar-refractivity contribution in [1.29, 1.82) is 0 Å². The van der Waals surface area contributed by atoms with Crippen LogP contribution < -0.4 is 4.74 Å². The molecule has 1 N–H and O–H groups in total. The molecule has 0 amide bonds. The molecule has 0 spiro atoms. The molecule has 1 aromatic rings. The lowest BCUT2D eigenvalue weighted by molar-refractivity contribution is 0.218. The van der Waals surface area contributed by atoms with Crippen LogP contribution in [0, 0.1) is 0 Å². The smallest absolute Gasteiger partial charge is 0.162 e. The second kappa shape index (κ2) is 3.07. The van der Waals surface area contributed by atoms with Crippen molar-refractivity contribution >= 4 is 15.9 Å². The average molecular weight is 229 g/mol. The molecule has 0 saturated heterocycles. The summed E-state index contributed by atoms with van der Waals surface area (Å²) < 4.78 is 5.47. The van der Waals surface area contributed by atoms with Crippen molar-refractivity contribution in [2.45, 2.75) is 10.9 Å². The Bertz CT molecular complexity index is 288. The van der Waals surface area contributed by atoms with Gasteiger partial charge in [0.25, 0.3) is 0 Å². The highest BCUT2D eigenvalue weighted by atomic mass is 79.9. The molecule has 1 aliphatic heterocycles. The van der Waals surface area contributed by atoms with Crippen molar-refractivity contribution in [3.63, 3.8) is 0 Å². The second-order valence-electron chi connectivity index (χ2n) is 2.80. The van der Waals surface area contributed by atoms with E-state index in [-0.39, 0.29) is 17.5 Å². The minimum Gasteiger partial charge on any atom is -0.478 e. The largest absolute Gasteiger partial charge is 0.478 e. The molecule has 0 aliphatic carbocycles. The standard InChI is InChI=1S/C9H9BrO2/c10-9-7(5-11)6-3-1-2-4-8(6)12-9/h1-4,7,9,11H,5H2. The van der Waals surface area contributed by atoms with E-state index in [9.17, 15) is 0 Å². The predicted octanol–water partition coefficient (Wildman–Crippen LogP) is 1.88. The molecule has 0 fully saturated rings. The maximum Gasteiger partial charge on any atom is 0.162 e. The number of alkyl halides is 1. The summed E-state index contributed by atoms with van der Waals surface area (Å²) in [6, 6.07) is 7.78. The number of para-hydroxylation sites is 1. The summed E-state index contributed by atoms with van der Waals surface area (Å²) in [4.78, 5) is 0. The molecule has 0 radical (unpaired) electrons. The molecule has 12 heavy (non-hydrogen) atoms. The quantitative estimate of drug-likeness (QED) is 0.745.